The van der Waals surface area contributed by atoms with E-state index in [1.807, 2.05) is 30.0 Å². The first kappa shape index (κ1) is 16.6. The summed E-state index contributed by atoms with van der Waals surface area (Å²) in [5.41, 5.74) is 4.08. The highest BCUT2D eigenvalue weighted by Crippen LogP contribution is 2.44. The van der Waals surface area contributed by atoms with E-state index in [2.05, 4.69) is 40.8 Å². The Hall–Kier alpha value is -1.21. The third kappa shape index (κ3) is 3.50. The zero-order valence-electron chi connectivity index (χ0n) is 12.8. The van der Waals surface area contributed by atoms with Gasteiger partial charge in [0.25, 0.3) is 0 Å². The molecule has 1 aliphatic rings. The number of alkyl halides is 1. The van der Waals surface area contributed by atoms with Crippen LogP contribution in [0, 0.1) is 0 Å². The maximum absolute atomic E-state index is 11.9. The van der Waals surface area contributed by atoms with Crippen LogP contribution < -0.4 is 4.74 Å². The highest BCUT2D eigenvalue weighted by atomic mass is 127. The Balaban J connectivity index is 2.10. The Kier molecular flexibility index (Phi) is 5.48. The molecule has 1 heterocycles. The second-order valence-corrected chi connectivity index (χ2v) is 7.46. The molecule has 0 saturated carbocycles. The van der Waals surface area contributed by atoms with Crippen molar-refractivity contribution in [3.05, 3.63) is 64.7 Å². The molecule has 1 aliphatic heterocycles. The standard InChI is InChI=1S/C18H17IO3S/c1-21-18(20)12-6-7-16-15(10-12)17(23-9-8-19)14-5-3-2-4-13(14)11-22-16/h2-7,10,17H,8-9,11H2,1H3. The SMILES string of the molecule is COC(=O)c1ccc2c(c1)C(SCCI)c1ccccc1CO2. The molecular formula is C18H17IO3S. The van der Waals surface area contributed by atoms with Crippen molar-refractivity contribution in [1.29, 1.82) is 0 Å². The number of fused-ring (bicyclic) bond motifs is 2. The van der Waals surface area contributed by atoms with Gasteiger partial charge in [-0.05, 0) is 29.3 Å². The molecule has 0 radical (unpaired) electrons. The lowest BCUT2D eigenvalue weighted by Gasteiger charge is -2.19. The quantitative estimate of drug-likeness (QED) is 0.395. The van der Waals surface area contributed by atoms with Gasteiger partial charge < -0.3 is 9.47 Å². The number of ether oxygens (including phenoxy) is 2. The zero-order valence-corrected chi connectivity index (χ0v) is 15.7. The number of carbonyl (C=O) groups is 1. The van der Waals surface area contributed by atoms with Gasteiger partial charge in [-0.15, -0.1) is 11.8 Å². The minimum absolute atomic E-state index is 0.170. The van der Waals surface area contributed by atoms with E-state index in [0.717, 1.165) is 21.5 Å². The van der Waals surface area contributed by atoms with E-state index in [9.17, 15) is 4.79 Å². The van der Waals surface area contributed by atoms with Gasteiger partial charge >= 0.3 is 5.97 Å². The summed E-state index contributed by atoms with van der Waals surface area (Å²) in [6.45, 7) is 0.558. The third-order valence-electron chi connectivity index (χ3n) is 3.80. The summed E-state index contributed by atoms with van der Waals surface area (Å²) < 4.78 is 11.9. The smallest absolute Gasteiger partial charge is 0.337 e. The highest BCUT2D eigenvalue weighted by molar-refractivity contribution is 14.1. The molecule has 2 aromatic carbocycles. The summed E-state index contributed by atoms with van der Waals surface area (Å²) in [5, 5.41) is 0.170. The van der Waals surface area contributed by atoms with Gasteiger partial charge in [0.05, 0.1) is 17.9 Å². The molecule has 0 aromatic heterocycles. The molecule has 0 spiro atoms. The van der Waals surface area contributed by atoms with Crippen LogP contribution in [0.2, 0.25) is 0 Å². The molecule has 3 rings (SSSR count). The molecule has 0 N–H and O–H groups in total. The summed E-state index contributed by atoms with van der Waals surface area (Å²) in [6, 6.07) is 13.9. The molecule has 5 heteroatoms. The van der Waals surface area contributed by atoms with Crippen LogP contribution in [-0.2, 0) is 11.3 Å². The molecule has 23 heavy (non-hydrogen) atoms. The summed E-state index contributed by atoms with van der Waals surface area (Å²) in [5.74, 6) is 1.57. The number of rotatable bonds is 4. The summed E-state index contributed by atoms with van der Waals surface area (Å²) in [4.78, 5) is 11.9. The Bertz CT molecular complexity index is 717. The molecule has 0 aliphatic carbocycles. The molecule has 120 valence electrons. The van der Waals surface area contributed by atoms with Crippen molar-refractivity contribution in [2.45, 2.75) is 11.9 Å². The minimum Gasteiger partial charge on any atom is -0.489 e. The van der Waals surface area contributed by atoms with E-state index in [1.54, 1.807) is 6.07 Å². The van der Waals surface area contributed by atoms with E-state index < -0.39 is 0 Å². The van der Waals surface area contributed by atoms with Crippen molar-refractivity contribution < 1.29 is 14.3 Å². The number of hydrogen-bond donors (Lipinski definition) is 0. The van der Waals surface area contributed by atoms with Crippen LogP contribution in [0.5, 0.6) is 5.75 Å². The highest BCUT2D eigenvalue weighted by Gasteiger charge is 2.26. The molecule has 2 aromatic rings. The predicted octanol–water partition coefficient (Wildman–Crippen LogP) is 4.62. The number of hydrogen-bond acceptors (Lipinski definition) is 4. The number of methoxy groups -OCH3 is 1. The molecule has 0 bridgehead atoms. The van der Waals surface area contributed by atoms with Gasteiger partial charge in [0, 0.05) is 15.7 Å². The first-order valence-corrected chi connectivity index (χ1v) is 9.92. The Morgan fingerprint density at radius 1 is 1.30 bits per heavy atom. The lowest BCUT2D eigenvalue weighted by molar-refractivity contribution is 0.0600. The number of esters is 1. The van der Waals surface area contributed by atoms with Crippen molar-refractivity contribution in [2.24, 2.45) is 0 Å². The van der Waals surface area contributed by atoms with Crippen molar-refractivity contribution in [2.75, 3.05) is 17.3 Å². The fourth-order valence-corrected chi connectivity index (χ4v) is 4.58. The normalized spacial score (nSPS) is 15.8. The second kappa shape index (κ2) is 7.57. The van der Waals surface area contributed by atoms with Crippen LogP contribution in [0.25, 0.3) is 0 Å². The van der Waals surface area contributed by atoms with Crippen LogP contribution in [0.1, 0.15) is 32.3 Å². The van der Waals surface area contributed by atoms with Gasteiger partial charge in [-0.3, -0.25) is 0 Å². The summed E-state index contributed by atoms with van der Waals surface area (Å²) >= 11 is 4.27. The van der Waals surface area contributed by atoms with Crippen molar-refractivity contribution in [3.8, 4) is 5.75 Å². The Labute approximate surface area is 153 Å². The van der Waals surface area contributed by atoms with Gasteiger partial charge in [-0.2, -0.15) is 0 Å². The second-order valence-electron chi connectivity index (χ2n) is 5.17. The van der Waals surface area contributed by atoms with Crippen molar-refractivity contribution in [3.63, 3.8) is 0 Å². The molecule has 0 amide bonds. The lowest BCUT2D eigenvalue weighted by atomic mass is 9.98. The van der Waals surface area contributed by atoms with E-state index in [0.29, 0.717) is 12.2 Å². The first-order chi connectivity index (χ1) is 11.2. The fraction of sp³-hybridized carbons (Fsp3) is 0.278. The van der Waals surface area contributed by atoms with Crippen LogP contribution in [0.3, 0.4) is 0 Å². The number of benzene rings is 2. The lowest BCUT2D eigenvalue weighted by Crippen LogP contribution is -2.05. The summed E-state index contributed by atoms with van der Waals surface area (Å²) in [6.07, 6.45) is 0. The van der Waals surface area contributed by atoms with Crippen molar-refractivity contribution in [1.82, 2.24) is 0 Å². The monoisotopic (exact) mass is 440 g/mol. The number of carbonyl (C=O) groups excluding carboxylic acids is 1. The maximum atomic E-state index is 11.9. The minimum atomic E-state index is -0.317. The van der Waals surface area contributed by atoms with Gasteiger partial charge in [0.1, 0.15) is 12.4 Å². The van der Waals surface area contributed by atoms with E-state index in [1.165, 1.54) is 18.2 Å². The molecule has 1 atom stereocenters. The van der Waals surface area contributed by atoms with Gasteiger partial charge in [0.15, 0.2) is 0 Å². The van der Waals surface area contributed by atoms with E-state index >= 15 is 0 Å². The summed E-state index contributed by atoms with van der Waals surface area (Å²) in [7, 11) is 1.40. The Morgan fingerprint density at radius 2 is 2.13 bits per heavy atom. The molecular weight excluding hydrogens is 423 g/mol. The van der Waals surface area contributed by atoms with E-state index in [4.69, 9.17) is 9.47 Å². The van der Waals surface area contributed by atoms with Crippen LogP contribution in [-0.4, -0.2) is 23.3 Å². The average Bonchev–Trinajstić information content (AvgIpc) is 2.75. The number of thioether (sulfide) groups is 1. The first-order valence-electron chi connectivity index (χ1n) is 7.35. The molecule has 0 fully saturated rings. The van der Waals surface area contributed by atoms with Crippen LogP contribution >= 0.6 is 34.4 Å². The topological polar surface area (TPSA) is 35.5 Å². The van der Waals surface area contributed by atoms with Crippen molar-refractivity contribution >= 4 is 40.3 Å². The number of halogens is 1. The largest absolute Gasteiger partial charge is 0.489 e. The van der Waals surface area contributed by atoms with Gasteiger partial charge in [-0.1, -0.05) is 46.9 Å². The van der Waals surface area contributed by atoms with Crippen LogP contribution in [0.15, 0.2) is 42.5 Å². The molecule has 0 saturated heterocycles. The van der Waals surface area contributed by atoms with Crippen LogP contribution in [0.4, 0.5) is 0 Å². The fourth-order valence-electron chi connectivity index (χ4n) is 2.72. The van der Waals surface area contributed by atoms with Gasteiger partial charge in [-0.25, -0.2) is 4.79 Å². The molecule has 1 unspecified atom stereocenters. The maximum Gasteiger partial charge on any atom is 0.337 e. The third-order valence-corrected chi connectivity index (χ3v) is 6.35. The predicted molar refractivity (Wildman–Crippen MR) is 102 cm³/mol. The van der Waals surface area contributed by atoms with E-state index in [-0.39, 0.29) is 11.2 Å². The molecule has 3 nitrogen and oxygen atoms in total. The van der Waals surface area contributed by atoms with Gasteiger partial charge in [0.2, 0.25) is 0 Å². The zero-order chi connectivity index (χ0) is 16.2. The average molecular weight is 440 g/mol. The Morgan fingerprint density at radius 3 is 2.91 bits per heavy atom.